The molecule has 0 aliphatic carbocycles. The smallest absolute Gasteiger partial charge is 0.0978 e. The van der Waals surface area contributed by atoms with Gasteiger partial charge in [-0.3, -0.25) is 4.68 Å². The number of methoxy groups -OCH3 is 1. The highest BCUT2D eigenvalue weighted by Crippen LogP contribution is 2.14. The molecule has 2 N–H and O–H groups in total. The first-order chi connectivity index (χ1) is 9.77. The molecule has 0 aliphatic heterocycles. The first-order valence-electron chi connectivity index (χ1n) is 6.72. The first kappa shape index (κ1) is 17.1. The Morgan fingerprint density at radius 3 is 2.35 bits per heavy atom. The summed E-state index contributed by atoms with van der Waals surface area (Å²) in [6.07, 6.45) is 3.54. The third-order valence-electron chi connectivity index (χ3n) is 2.66. The normalized spacial score (nSPS) is 12.8. The van der Waals surface area contributed by atoms with Gasteiger partial charge in [-0.1, -0.05) is 0 Å². The van der Waals surface area contributed by atoms with Crippen LogP contribution in [0.2, 0.25) is 0 Å². The van der Waals surface area contributed by atoms with Gasteiger partial charge in [0.15, 0.2) is 0 Å². The summed E-state index contributed by atoms with van der Waals surface area (Å²) in [6, 6.07) is 0. The van der Waals surface area contributed by atoms with Crippen LogP contribution in [0.15, 0.2) is 12.4 Å². The van der Waals surface area contributed by atoms with Crippen LogP contribution in [0.3, 0.4) is 0 Å². The summed E-state index contributed by atoms with van der Waals surface area (Å²) in [5.74, 6) is 0. The van der Waals surface area contributed by atoms with E-state index in [9.17, 15) is 0 Å². The van der Waals surface area contributed by atoms with Crippen LogP contribution in [0.1, 0.15) is 11.7 Å². The zero-order valence-electron chi connectivity index (χ0n) is 12.3. The summed E-state index contributed by atoms with van der Waals surface area (Å²) in [5, 5.41) is 4.10. The first-order valence-corrected chi connectivity index (χ1v) is 6.72. The largest absolute Gasteiger partial charge is 0.382 e. The summed E-state index contributed by atoms with van der Waals surface area (Å²) in [5.41, 5.74) is 6.67. The fourth-order valence-electron chi connectivity index (χ4n) is 1.62. The summed E-state index contributed by atoms with van der Waals surface area (Å²) >= 11 is 0. The molecule has 20 heavy (non-hydrogen) atoms. The van der Waals surface area contributed by atoms with Gasteiger partial charge < -0.3 is 24.7 Å². The van der Waals surface area contributed by atoms with Crippen LogP contribution in [0, 0.1) is 0 Å². The van der Waals surface area contributed by atoms with Crippen molar-refractivity contribution in [2.24, 2.45) is 12.8 Å². The molecule has 1 atom stereocenters. The van der Waals surface area contributed by atoms with E-state index in [1.165, 1.54) is 0 Å². The molecule has 0 fully saturated rings. The highest BCUT2D eigenvalue weighted by atomic mass is 16.6. The molecule has 7 nitrogen and oxygen atoms in total. The van der Waals surface area contributed by atoms with Crippen molar-refractivity contribution in [3.05, 3.63) is 18.0 Å². The van der Waals surface area contributed by atoms with Crippen LogP contribution in [-0.4, -0.2) is 63.1 Å². The molecule has 0 saturated carbocycles. The minimum atomic E-state index is -0.134. The van der Waals surface area contributed by atoms with Gasteiger partial charge in [0, 0.05) is 32.5 Å². The predicted molar refractivity (Wildman–Crippen MR) is 74.5 cm³/mol. The van der Waals surface area contributed by atoms with Crippen LogP contribution in [0.5, 0.6) is 0 Å². The third kappa shape index (κ3) is 6.97. The van der Waals surface area contributed by atoms with E-state index >= 15 is 0 Å². The molecule has 1 rings (SSSR count). The van der Waals surface area contributed by atoms with E-state index < -0.39 is 0 Å². The van der Waals surface area contributed by atoms with Crippen molar-refractivity contribution in [3.63, 3.8) is 0 Å². The number of hydrogen-bond acceptors (Lipinski definition) is 6. The van der Waals surface area contributed by atoms with E-state index in [1.807, 2.05) is 13.2 Å². The number of nitrogens with zero attached hydrogens (tertiary/aromatic N) is 2. The van der Waals surface area contributed by atoms with Gasteiger partial charge in [0.25, 0.3) is 0 Å². The molecule has 0 radical (unpaired) electrons. The van der Waals surface area contributed by atoms with E-state index in [0.29, 0.717) is 46.2 Å². The average Bonchev–Trinajstić information content (AvgIpc) is 2.87. The second-order valence-corrected chi connectivity index (χ2v) is 4.26. The standard InChI is InChI=1S/C13H25N3O4/c1-16-11-12(10-15-16)13(9-14)20-8-7-19-6-5-18-4-3-17-2/h10-11,13H,3-9,14H2,1-2H3. The maximum Gasteiger partial charge on any atom is 0.0978 e. The fourth-order valence-corrected chi connectivity index (χ4v) is 1.62. The average molecular weight is 287 g/mol. The third-order valence-corrected chi connectivity index (χ3v) is 2.66. The van der Waals surface area contributed by atoms with E-state index in [0.717, 1.165) is 5.56 Å². The maximum absolute atomic E-state index is 5.69. The Bertz CT molecular complexity index is 346. The Morgan fingerprint density at radius 1 is 1.15 bits per heavy atom. The van der Waals surface area contributed by atoms with Crippen LogP contribution in [0.4, 0.5) is 0 Å². The zero-order chi connectivity index (χ0) is 14.6. The zero-order valence-corrected chi connectivity index (χ0v) is 12.3. The molecule has 0 aliphatic rings. The van der Waals surface area contributed by atoms with Crippen LogP contribution in [0.25, 0.3) is 0 Å². The van der Waals surface area contributed by atoms with Crippen molar-refractivity contribution < 1.29 is 18.9 Å². The Labute approximate surface area is 119 Å². The molecule has 1 aromatic rings. The Hall–Kier alpha value is -0.990. The van der Waals surface area contributed by atoms with Gasteiger partial charge in [-0.15, -0.1) is 0 Å². The number of hydrogen-bond donors (Lipinski definition) is 1. The molecule has 0 saturated heterocycles. The second-order valence-electron chi connectivity index (χ2n) is 4.26. The number of aromatic nitrogens is 2. The lowest BCUT2D eigenvalue weighted by Crippen LogP contribution is -2.18. The van der Waals surface area contributed by atoms with Gasteiger partial charge in [0.2, 0.25) is 0 Å². The highest BCUT2D eigenvalue weighted by molar-refractivity contribution is 5.08. The van der Waals surface area contributed by atoms with Crippen molar-refractivity contribution in [2.45, 2.75) is 6.10 Å². The molecule has 0 aromatic carbocycles. The Morgan fingerprint density at radius 2 is 1.80 bits per heavy atom. The molecular formula is C13H25N3O4. The van der Waals surface area contributed by atoms with Gasteiger partial charge in [0.1, 0.15) is 0 Å². The lowest BCUT2D eigenvalue weighted by Gasteiger charge is -2.14. The summed E-state index contributed by atoms with van der Waals surface area (Å²) in [4.78, 5) is 0. The van der Waals surface area contributed by atoms with E-state index in [1.54, 1.807) is 18.0 Å². The van der Waals surface area contributed by atoms with Gasteiger partial charge in [0.05, 0.1) is 51.9 Å². The lowest BCUT2D eigenvalue weighted by atomic mass is 10.2. The van der Waals surface area contributed by atoms with Crippen molar-refractivity contribution in [1.29, 1.82) is 0 Å². The van der Waals surface area contributed by atoms with Crippen molar-refractivity contribution >= 4 is 0 Å². The monoisotopic (exact) mass is 287 g/mol. The molecule has 0 bridgehead atoms. The lowest BCUT2D eigenvalue weighted by molar-refractivity contribution is -0.0147. The van der Waals surface area contributed by atoms with E-state index in [4.69, 9.17) is 24.7 Å². The predicted octanol–water partition coefficient (Wildman–Crippen LogP) is 0.116. The fraction of sp³-hybridized carbons (Fsp3) is 0.769. The molecule has 0 spiro atoms. The van der Waals surface area contributed by atoms with E-state index in [2.05, 4.69) is 5.10 Å². The van der Waals surface area contributed by atoms with Gasteiger partial charge >= 0.3 is 0 Å². The van der Waals surface area contributed by atoms with E-state index in [-0.39, 0.29) is 6.10 Å². The van der Waals surface area contributed by atoms with Crippen LogP contribution in [-0.2, 0) is 26.0 Å². The second kappa shape index (κ2) is 10.8. The highest BCUT2D eigenvalue weighted by Gasteiger charge is 2.11. The van der Waals surface area contributed by atoms with Crippen molar-refractivity contribution in [2.75, 3.05) is 53.3 Å². The van der Waals surface area contributed by atoms with Gasteiger partial charge in [-0.25, -0.2) is 0 Å². The van der Waals surface area contributed by atoms with Crippen molar-refractivity contribution in [3.8, 4) is 0 Å². The Balaban J connectivity index is 2.02. The van der Waals surface area contributed by atoms with Gasteiger partial charge in [-0.05, 0) is 0 Å². The Kier molecular flexibility index (Phi) is 9.18. The summed E-state index contributed by atoms with van der Waals surface area (Å²) in [6.45, 7) is 3.74. The number of aryl methyl sites for hydroxylation is 1. The quantitative estimate of drug-likeness (QED) is 0.550. The maximum atomic E-state index is 5.69. The molecule has 1 unspecified atom stereocenters. The minimum absolute atomic E-state index is 0.134. The molecule has 116 valence electrons. The summed E-state index contributed by atoms with van der Waals surface area (Å²) < 4.78 is 22.9. The summed E-state index contributed by atoms with van der Waals surface area (Å²) in [7, 11) is 3.51. The number of nitrogens with two attached hydrogens (primary N) is 1. The molecular weight excluding hydrogens is 262 g/mol. The molecule has 0 amide bonds. The molecule has 7 heteroatoms. The van der Waals surface area contributed by atoms with Crippen molar-refractivity contribution in [1.82, 2.24) is 9.78 Å². The van der Waals surface area contributed by atoms with Gasteiger partial charge in [-0.2, -0.15) is 5.10 Å². The van der Waals surface area contributed by atoms with Crippen LogP contribution >= 0.6 is 0 Å². The number of rotatable bonds is 12. The minimum Gasteiger partial charge on any atom is -0.382 e. The molecule has 1 heterocycles. The van der Waals surface area contributed by atoms with Crippen LogP contribution < -0.4 is 5.73 Å². The SMILES string of the molecule is COCCOCCOCCOC(CN)c1cnn(C)c1. The topological polar surface area (TPSA) is 80.8 Å². The molecule has 1 aromatic heterocycles. The number of ether oxygens (including phenoxy) is 4.